The molecule has 1 aromatic carbocycles. The Morgan fingerprint density at radius 3 is 2.23 bits per heavy atom. The Morgan fingerprint density at radius 2 is 1.64 bits per heavy atom. The van der Waals surface area contributed by atoms with Crippen molar-refractivity contribution in [2.24, 2.45) is 0 Å². The van der Waals surface area contributed by atoms with Gasteiger partial charge in [-0.25, -0.2) is 9.97 Å². The van der Waals surface area contributed by atoms with Crippen LogP contribution in [0, 0.1) is 0 Å². The molecule has 2 unspecified atom stereocenters. The largest absolute Gasteiger partial charge is 0.382 e. The molecule has 0 fully saturated rings. The third-order valence-electron chi connectivity index (χ3n) is 3.44. The van der Waals surface area contributed by atoms with Crippen LogP contribution in [0.5, 0.6) is 0 Å². The van der Waals surface area contributed by atoms with E-state index in [1.54, 1.807) is 12.2 Å². The fourth-order valence-electron chi connectivity index (χ4n) is 2.28. The summed E-state index contributed by atoms with van der Waals surface area (Å²) < 4.78 is 0. The first kappa shape index (κ1) is 14.2. The minimum absolute atomic E-state index is 0.234. The third kappa shape index (κ3) is 2.34. The van der Waals surface area contributed by atoms with E-state index in [1.165, 1.54) is 0 Å². The zero-order chi connectivity index (χ0) is 15.7. The Bertz CT molecular complexity index is 775. The molecule has 0 aliphatic heterocycles. The molecule has 0 saturated heterocycles. The second-order valence-electron chi connectivity index (χ2n) is 4.86. The van der Waals surface area contributed by atoms with Crippen LogP contribution >= 0.6 is 0 Å². The number of H-pyrrole nitrogens is 2. The van der Waals surface area contributed by atoms with E-state index in [1.807, 2.05) is 24.3 Å². The Kier molecular flexibility index (Phi) is 3.62. The molecule has 2 atom stereocenters. The Balaban J connectivity index is 1.93. The van der Waals surface area contributed by atoms with E-state index in [2.05, 4.69) is 33.1 Å². The highest BCUT2D eigenvalue weighted by Gasteiger charge is 2.26. The van der Waals surface area contributed by atoms with Gasteiger partial charge in [-0.05, 0) is 24.3 Å². The van der Waals surface area contributed by atoms with Crippen LogP contribution in [-0.4, -0.2) is 30.1 Å². The normalized spacial score (nSPS) is 13.9. The summed E-state index contributed by atoms with van der Waals surface area (Å²) in [5.41, 5.74) is 2.73. The first-order valence-electron chi connectivity index (χ1n) is 6.79. The number of imidazole rings is 2. The summed E-state index contributed by atoms with van der Waals surface area (Å²) in [7, 11) is 0. The highest BCUT2D eigenvalue weighted by atomic mass is 16.3. The Labute approximate surface area is 126 Å². The van der Waals surface area contributed by atoms with Crippen molar-refractivity contribution in [1.82, 2.24) is 19.9 Å². The summed E-state index contributed by atoms with van der Waals surface area (Å²) in [6, 6.07) is 7.40. The van der Waals surface area contributed by atoms with Gasteiger partial charge >= 0.3 is 0 Å². The first-order chi connectivity index (χ1) is 10.6. The number of nitrogens with zero attached hydrogens (tertiary/aromatic N) is 2. The zero-order valence-corrected chi connectivity index (χ0v) is 11.8. The molecule has 3 rings (SSSR count). The topological polar surface area (TPSA) is 97.8 Å². The summed E-state index contributed by atoms with van der Waals surface area (Å²) in [4.78, 5) is 14.4. The number of para-hydroxylation sites is 2. The predicted octanol–water partition coefficient (Wildman–Crippen LogP) is 2.34. The smallest absolute Gasteiger partial charge is 0.145 e. The molecule has 0 radical (unpaired) electrons. The molecular formula is C16H16N4O2. The number of rotatable bonds is 5. The number of aliphatic hydroxyl groups is 2. The Hall–Kier alpha value is -2.70. The maximum atomic E-state index is 10.3. The van der Waals surface area contributed by atoms with Crippen LogP contribution in [0.1, 0.15) is 35.2 Å². The molecule has 0 spiro atoms. The second kappa shape index (κ2) is 5.59. The number of hydrogen-bond acceptors (Lipinski definition) is 4. The van der Waals surface area contributed by atoms with E-state index in [9.17, 15) is 10.2 Å². The first-order valence-corrected chi connectivity index (χ1v) is 6.79. The number of hydrogen-bond donors (Lipinski definition) is 4. The van der Waals surface area contributed by atoms with E-state index < -0.39 is 12.2 Å². The fourth-order valence-corrected chi connectivity index (χ4v) is 2.28. The molecule has 0 saturated carbocycles. The SMILES string of the molecule is C=Cc1nc(C(O)C(O)c2nc3ccccc3[nH]2)[nH]c1C=C. The summed E-state index contributed by atoms with van der Waals surface area (Å²) in [5.74, 6) is 0.517. The molecule has 0 aliphatic carbocycles. The van der Waals surface area contributed by atoms with Gasteiger partial charge in [0.25, 0.3) is 0 Å². The van der Waals surface area contributed by atoms with Crippen molar-refractivity contribution in [3.8, 4) is 0 Å². The van der Waals surface area contributed by atoms with Gasteiger partial charge in [0.15, 0.2) is 0 Å². The number of nitrogens with one attached hydrogen (secondary N) is 2. The maximum Gasteiger partial charge on any atom is 0.145 e. The highest BCUT2D eigenvalue weighted by Crippen LogP contribution is 2.27. The fraction of sp³-hybridized carbons (Fsp3) is 0.125. The van der Waals surface area contributed by atoms with Gasteiger partial charge in [-0.2, -0.15) is 0 Å². The van der Waals surface area contributed by atoms with Gasteiger partial charge in [0.05, 0.1) is 22.4 Å². The van der Waals surface area contributed by atoms with E-state index in [0.717, 1.165) is 11.0 Å². The van der Waals surface area contributed by atoms with Gasteiger partial charge in [0, 0.05) is 0 Å². The van der Waals surface area contributed by atoms with Crippen molar-refractivity contribution < 1.29 is 10.2 Å². The quantitative estimate of drug-likeness (QED) is 0.581. The molecule has 0 amide bonds. The summed E-state index contributed by atoms with van der Waals surface area (Å²) in [6.07, 6.45) is 0.660. The van der Waals surface area contributed by atoms with Crippen LogP contribution in [0.25, 0.3) is 23.2 Å². The van der Waals surface area contributed by atoms with Crippen LogP contribution in [0.2, 0.25) is 0 Å². The van der Waals surface area contributed by atoms with Crippen LogP contribution in [-0.2, 0) is 0 Å². The van der Waals surface area contributed by atoms with Crippen molar-refractivity contribution in [3.05, 3.63) is 60.5 Å². The third-order valence-corrected chi connectivity index (χ3v) is 3.44. The van der Waals surface area contributed by atoms with Gasteiger partial charge in [-0.3, -0.25) is 0 Å². The molecule has 112 valence electrons. The lowest BCUT2D eigenvalue weighted by Crippen LogP contribution is -2.13. The zero-order valence-electron chi connectivity index (χ0n) is 11.8. The van der Waals surface area contributed by atoms with Crippen molar-refractivity contribution in [3.63, 3.8) is 0 Å². The Morgan fingerprint density at radius 1 is 0.955 bits per heavy atom. The molecule has 2 aromatic heterocycles. The van der Waals surface area contributed by atoms with Crippen LogP contribution < -0.4 is 0 Å². The number of aromatic nitrogens is 4. The standard InChI is InChI=1S/C16H16N4O2/c1-3-9-10(4-2)18-15(17-9)13(21)14(22)16-19-11-7-5-6-8-12(11)20-16/h3-8,13-14,21-22H,1-2H2,(H,17,18)(H,19,20). The molecule has 3 aromatic rings. The number of benzene rings is 1. The molecular weight excluding hydrogens is 280 g/mol. The van der Waals surface area contributed by atoms with E-state index in [0.29, 0.717) is 11.4 Å². The summed E-state index contributed by atoms with van der Waals surface area (Å²) in [5, 5.41) is 20.7. The summed E-state index contributed by atoms with van der Waals surface area (Å²) >= 11 is 0. The number of aliphatic hydroxyl groups excluding tert-OH is 2. The lowest BCUT2D eigenvalue weighted by molar-refractivity contribution is 0.00759. The van der Waals surface area contributed by atoms with Crippen molar-refractivity contribution in [2.75, 3.05) is 0 Å². The molecule has 0 bridgehead atoms. The lowest BCUT2D eigenvalue weighted by Gasteiger charge is -2.13. The molecule has 22 heavy (non-hydrogen) atoms. The monoisotopic (exact) mass is 296 g/mol. The second-order valence-corrected chi connectivity index (χ2v) is 4.86. The average molecular weight is 296 g/mol. The predicted molar refractivity (Wildman–Crippen MR) is 84.8 cm³/mol. The molecule has 6 nitrogen and oxygen atoms in total. The van der Waals surface area contributed by atoms with E-state index >= 15 is 0 Å². The van der Waals surface area contributed by atoms with Gasteiger partial charge < -0.3 is 20.2 Å². The van der Waals surface area contributed by atoms with Gasteiger partial charge in [0.1, 0.15) is 23.9 Å². The van der Waals surface area contributed by atoms with Crippen LogP contribution in [0.4, 0.5) is 0 Å². The van der Waals surface area contributed by atoms with Crippen molar-refractivity contribution >= 4 is 23.2 Å². The number of fused-ring (bicyclic) bond motifs is 1. The van der Waals surface area contributed by atoms with Gasteiger partial charge in [0.2, 0.25) is 0 Å². The van der Waals surface area contributed by atoms with Crippen molar-refractivity contribution in [2.45, 2.75) is 12.2 Å². The minimum Gasteiger partial charge on any atom is -0.382 e. The molecule has 4 N–H and O–H groups in total. The van der Waals surface area contributed by atoms with E-state index in [-0.39, 0.29) is 11.6 Å². The highest BCUT2D eigenvalue weighted by molar-refractivity contribution is 5.74. The summed E-state index contributed by atoms with van der Waals surface area (Å²) in [6.45, 7) is 7.31. The molecule has 0 aliphatic rings. The van der Waals surface area contributed by atoms with Crippen LogP contribution in [0.3, 0.4) is 0 Å². The average Bonchev–Trinajstić information content (AvgIpc) is 3.16. The van der Waals surface area contributed by atoms with Gasteiger partial charge in [-0.1, -0.05) is 25.3 Å². The van der Waals surface area contributed by atoms with Crippen molar-refractivity contribution in [1.29, 1.82) is 0 Å². The maximum absolute atomic E-state index is 10.3. The lowest BCUT2D eigenvalue weighted by atomic mass is 10.2. The van der Waals surface area contributed by atoms with Crippen LogP contribution in [0.15, 0.2) is 37.4 Å². The van der Waals surface area contributed by atoms with Gasteiger partial charge in [-0.15, -0.1) is 0 Å². The number of aromatic amines is 2. The van der Waals surface area contributed by atoms with E-state index in [4.69, 9.17) is 0 Å². The molecule has 2 heterocycles. The molecule has 6 heteroatoms. The minimum atomic E-state index is -1.24.